The summed E-state index contributed by atoms with van der Waals surface area (Å²) in [5.74, 6) is 0.881. The zero-order valence-electron chi connectivity index (χ0n) is 15.5. The molecule has 0 saturated carbocycles. The van der Waals surface area contributed by atoms with E-state index in [1.807, 2.05) is 56.3 Å². The highest BCUT2D eigenvalue weighted by Gasteiger charge is 2.48. The van der Waals surface area contributed by atoms with Crippen molar-refractivity contribution < 1.29 is 13.2 Å². The lowest BCUT2D eigenvalue weighted by Gasteiger charge is -2.23. The number of rotatable bonds is 4. The third-order valence-electron chi connectivity index (χ3n) is 5.27. The van der Waals surface area contributed by atoms with Crippen LogP contribution in [0, 0.1) is 12.8 Å². The summed E-state index contributed by atoms with van der Waals surface area (Å²) in [6, 6.07) is 17.1. The van der Waals surface area contributed by atoms with Gasteiger partial charge < -0.3 is 4.74 Å². The molecular formula is C22H23NO3S. The second kappa shape index (κ2) is 6.98. The van der Waals surface area contributed by atoms with Gasteiger partial charge in [0, 0.05) is 12.5 Å². The summed E-state index contributed by atoms with van der Waals surface area (Å²) in [6.45, 7) is 4.34. The average Bonchev–Trinajstić information content (AvgIpc) is 3.20. The molecule has 2 aromatic rings. The zero-order valence-corrected chi connectivity index (χ0v) is 16.3. The quantitative estimate of drug-likeness (QED) is 0.791. The molecule has 0 N–H and O–H groups in total. The summed E-state index contributed by atoms with van der Waals surface area (Å²) >= 11 is 0. The lowest BCUT2D eigenvalue weighted by Crippen LogP contribution is -2.37. The Hall–Kier alpha value is -2.37. The number of allylic oxidation sites excluding steroid dienone is 2. The Morgan fingerprint density at radius 1 is 1.00 bits per heavy atom. The average molecular weight is 381 g/mol. The van der Waals surface area contributed by atoms with Crippen LogP contribution in [0.4, 0.5) is 0 Å². The van der Waals surface area contributed by atoms with Crippen molar-refractivity contribution in [1.29, 1.82) is 0 Å². The number of fused-ring (bicyclic) bond motifs is 1. The van der Waals surface area contributed by atoms with Gasteiger partial charge in [0.1, 0.15) is 0 Å². The lowest BCUT2D eigenvalue weighted by atomic mass is 9.97. The number of aryl methyl sites for hydroxylation is 1. The summed E-state index contributed by atoms with van der Waals surface area (Å²) in [5.41, 5.74) is 3.24. The number of hydrogen-bond donors (Lipinski definition) is 0. The maximum Gasteiger partial charge on any atom is 0.246 e. The van der Waals surface area contributed by atoms with E-state index in [-0.39, 0.29) is 5.92 Å². The minimum Gasteiger partial charge on any atom is -0.478 e. The molecule has 5 heteroatoms. The molecule has 2 heterocycles. The molecule has 1 fully saturated rings. The van der Waals surface area contributed by atoms with Crippen molar-refractivity contribution >= 4 is 16.1 Å². The third-order valence-corrected chi connectivity index (χ3v) is 7.15. The molecule has 1 saturated heterocycles. The SMILES string of the molecule is CC1=C(/C=C/c2ccccc2)[C@H]2CCN(S(=O)(=O)c3ccc(C)cc3)[C@H]2O1. The van der Waals surface area contributed by atoms with E-state index in [4.69, 9.17) is 4.74 Å². The van der Waals surface area contributed by atoms with Gasteiger partial charge in [0.05, 0.1) is 10.7 Å². The molecule has 0 aromatic heterocycles. The molecule has 27 heavy (non-hydrogen) atoms. The molecular weight excluding hydrogens is 358 g/mol. The van der Waals surface area contributed by atoms with Crippen LogP contribution in [0.1, 0.15) is 24.5 Å². The summed E-state index contributed by atoms with van der Waals surface area (Å²) in [6.07, 6.45) is 4.44. The van der Waals surface area contributed by atoms with E-state index in [0.29, 0.717) is 11.4 Å². The fourth-order valence-corrected chi connectivity index (χ4v) is 5.35. The molecule has 0 aliphatic carbocycles. The van der Waals surface area contributed by atoms with Crippen LogP contribution in [0.15, 0.2) is 76.9 Å². The predicted octanol–water partition coefficient (Wildman–Crippen LogP) is 4.35. The molecule has 2 aromatic carbocycles. The number of hydrogen-bond acceptors (Lipinski definition) is 3. The Balaban J connectivity index is 1.57. The van der Waals surface area contributed by atoms with Gasteiger partial charge >= 0.3 is 0 Å². The van der Waals surface area contributed by atoms with Crippen LogP contribution >= 0.6 is 0 Å². The Morgan fingerprint density at radius 3 is 2.41 bits per heavy atom. The van der Waals surface area contributed by atoms with Crippen molar-refractivity contribution in [2.75, 3.05) is 6.54 Å². The smallest absolute Gasteiger partial charge is 0.246 e. The van der Waals surface area contributed by atoms with Crippen LogP contribution in [0.2, 0.25) is 0 Å². The molecule has 0 spiro atoms. The Morgan fingerprint density at radius 2 is 1.70 bits per heavy atom. The van der Waals surface area contributed by atoms with Gasteiger partial charge in [-0.15, -0.1) is 0 Å². The van der Waals surface area contributed by atoms with Crippen LogP contribution in [0.25, 0.3) is 6.08 Å². The predicted molar refractivity (Wildman–Crippen MR) is 106 cm³/mol. The number of nitrogens with zero attached hydrogens (tertiary/aromatic N) is 1. The largest absolute Gasteiger partial charge is 0.478 e. The molecule has 2 atom stereocenters. The van der Waals surface area contributed by atoms with Gasteiger partial charge in [-0.05, 0) is 43.5 Å². The molecule has 0 bridgehead atoms. The first-order chi connectivity index (χ1) is 13.0. The second-order valence-corrected chi connectivity index (χ2v) is 8.98. The van der Waals surface area contributed by atoms with Crippen molar-refractivity contribution in [1.82, 2.24) is 4.31 Å². The first-order valence-electron chi connectivity index (χ1n) is 9.16. The minimum atomic E-state index is -3.57. The standard InChI is InChI=1S/C22H23NO3S/c1-16-8-11-19(12-9-16)27(24,25)23-15-14-21-20(17(2)26-22(21)23)13-10-18-6-4-3-5-7-18/h3-13,21-22H,14-15H2,1-2H3/b13-10+/t21-,22+/m1/s1. The maximum atomic E-state index is 13.1. The van der Waals surface area contributed by atoms with Crippen LogP contribution in [0.3, 0.4) is 0 Å². The van der Waals surface area contributed by atoms with Crippen molar-refractivity contribution in [2.45, 2.75) is 31.4 Å². The summed E-state index contributed by atoms with van der Waals surface area (Å²) in [4.78, 5) is 0.322. The normalized spacial score (nSPS) is 23.0. The molecule has 0 unspecified atom stereocenters. The monoisotopic (exact) mass is 381 g/mol. The van der Waals surface area contributed by atoms with E-state index >= 15 is 0 Å². The zero-order chi connectivity index (χ0) is 19.0. The Labute approximate surface area is 160 Å². The van der Waals surface area contributed by atoms with Crippen LogP contribution in [-0.4, -0.2) is 25.5 Å². The molecule has 0 radical (unpaired) electrons. The van der Waals surface area contributed by atoms with E-state index < -0.39 is 16.3 Å². The highest BCUT2D eigenvalue weighted by molar-refractivity contribution is 7.89. The molecule has 140 valence electrons. The van der Waals surface area contributed by atoms with Gasteiger partial charge in [-0.2, -0.15) is 4.31 Å². The van der Waals surface area contributed by atoms with Gasteiger partial charge in [-0.25, -0.2) is 8.42 Å². The summed E-state index contributed by atoms with van der Waals surface area (Å²) in [7, 11) is -3.57. The molecule has 0 amide bonds. The first-order valence-corrected chi connectivity index (χ1v) is 10.6. The molecule has 4 rings (SSSR count). The van der Waals surface area contributed by atoms with Gasteiger partial charge in [-0.1, -0.05) is 60.2 Å². The number of ether oxygens (including phenoxy) is 1. The van der Waals surface area contributed by atoms with Gasteiger partial charge in [0.15, 0.2) is 6.23 Å². The fraction of sp³-hybridized carbons (Fsp3) is 0.273. The van der Waals surface area contributed by atoms with Gasteiger partial charge in [-0.3, -0.25) is 0 Å². The van der Waals surface area contributed by atoms with E-state index in [0.717, 1.165) is 28.9 Å². The van der Waals surface area contributed by atoms with Crippen LogP contribution in [-0.2, 0) is 14.8 Å². The maximum absolute atomic E-state index is 13.1. The number of benzene rings is 2. The lowest BCUT2D eigenvalue weighted by molar-refractivity contribution is 0.0568. The molecule has 2 aliphatic rings. The fourth-order valence-electron chi connectivity index (χ4n) is 3.79. The second-order valence-electron chi connectivity index (χ2n) is 7.09. The van der Waals surface area contributed by atoms with Gasteiger partial charge in [0.2, 0.25) is 10.0 Å². The molecule has 2 aliphatic heterocycles. The topological polar surface area (TPSA) is 46.6 Å². The third kappa shape index (κ3) is 3.33. The Kier molecular flexibility index (Phi) is 4.66. The van der Waals surface area contributed by atoms with Crippen molar-refractivity contribution in [3.8, 4) is 0 Å². The van der Waals surface area contributed by atoms with Gasteiger partial charge in [0.25, 0.3) is 0 Å². The molecule has 4 nitrogen and oxygen atoms in total. The number of sulfonamides is 1. The van der Waals surface area contributed by atoms with Crippen LogP contribution in [0.5, 0.6) is 0 Å². The highest BCUT2D eigenvalue weighted by atomic mass is 32.2. The van der Waals surface area contributed by atoms with Crippen LogP contribution < -0.4 is 0 Å². The van der Waals surface area contributed by atoms with E-state index in [2.05, 4.69) is 12.2 Å². The van der Waals surface area contributed by atoms with E-state index in [9.17, 15) is 8.42 Å². The summed E-state index contributed by atoms with van der Waals surface area (Å²) in [5, 5.41) is 0. The van der Waals surface area contributed by atoms with Crippen molar-refractivity contribution in [2.24, 2.45) is 5.92 Å². The van der Waals surface area contributed by atoms with Crippen molar-refractivity contribution in [3.63, 3.8) is 0 Å². The highest BCUT2D eigenvalue weighted by Crippen LogP contribution is 2.43. The first kappa shape index (κ1) is 18.0. The Bertz CT molecular complexity index is 992. The van der Waals surface area contributed by atoms with E-state index in [1.54, 1.807) is 12.1 Å². The summed E-state index contributed by atoms with van der Waals surface area (Å²) < 4.78 is 33.7. The van der Waals surface area contributed by atoms with Crippen molar-refractivity contribution in [3.05, 3.63) is 83.1 Å². The minimum absolute atomic E-state index is 0.0742. The van der Waals surface area contributed by atoms with E-state index in [1.165, 1.54) is 4.31 Å².